The van der Waals surface area contributed by atoms with Crippen molar-refractivity contribution in [1.29, 1.82) is 0 Å². The topological polar surface area (TPSA) is 75.5 Å². The Balaban J connectivity index is 1.11. The average Bonchev–Trinajstić information content (AvgIpc) is 3.30. The van der Waals surface area contributed by atoms with Crippen molar-refractivity contribution in [3.63, 3.8) is 0 Å². The first-order chi connectivity index (χ1) is 20.0. The molecule has 0 radical (unpaired) electrons. The molecule has 4 aromatic rings. The first-order valence-electron chi connectivity index (χ1n) is 14.2. The van der Waals surface area contributed by atoms with Gasteiger partial charge in [0.15, 0.2) is 0 Å². The zero-order valence-corrected chi connectivity index (χ0v) is 23.8. The highest BCUT2D eigenvalue weighted by atomic mass is 35.5. The Kier molecular flexibility index (Phi) is 8.21. The molecule has 41 heavy (non-hydrogen) atoms. The van der Waals surface area contributed by atoms with Crippen molar-refractivity contribution >= 4 is 28.6 Å². The number of nitrogens with zero attached hydrogens (tertiary/aromatic N) is 3. The van der Waals surface area contributed by atoms with E-state index in [1.54, 1.807) is 18.2 Å². The van der Waals surface area contributed by atoms with Crippen LogP contribution in [0.3, 0.4) is 0 Å². The lowest BCUT2D eigenvalue weighted by Gasteiger charge is -2.30. The zero-order chi connectivity index (χ0) is 28.3. The number of esters is 1. The Morgan fingerprint density at radius 2 is 1.90 bits per heavy atom. The number of carbonyl (C=O) groups excluding carboxylic acids is 1. The second-order valence-corrected chi connectivity index (χ2v) is 11.4. The molecule has 2 aromatic heterocycles. The maximum absolute atomic E-state index is 14.1. The summed E-state index contributed by atoms with van der Waals surface area (Å²) in [6.07, 6.45) is 6.31. The molecule has 1 aliphatic heterocycles. The van der Waals surface area contributed by atoms with Crippen molar-refractivity contribution < 1.29 is 23.4 Å². The summed E-state index contributed by atoms with van der Waals surface area (Å²) >= 11 is 5.85. The molecule has 1 atom stereocenters. The Morgan fingerprint density at radius 1 is 1.07 bits per heavy atom. The number of pyridine rings is 1. The van der Waals surface area contributed by atoms with Crippen LogP contribution in [0.15, 0.2) is 54.6 Å². The van der Waals surface area contributed by atoms with Crippen molar-refractivity contribution in [1.82, 2.24) is 14.5 Å². The van der Waals surface area contributed by atoms with E-state index in [2.05, 4.69) is 10.6 Å². The van der Waals surface area contributed by atoms with Gasteiger partial charge in [0, 0.05) is 41.3 Å². The highest BCUT2D eigenvalue weighted by molar-refractivity contribution is 6.30. The van der Waals surface area contributed by atoms with E-state index in [9.17, 15) is 9.18 Å². The van der Waals surface area contributed by atoms with E-state index in [0.29, 0.717) is 33.9 Å². The fraction of sp³-hybridized carbons (Fsp3) is 0.406. The molecule has 1 unspecified atom stereocenters. The molecule has 0 bridgehead atoms. The molecule has 9 heteroatoms. The molecule has 214 valence electrons. The summed E-state index contributed by atoms with van der Waals surface area (Å²) < 4.78 is 32.9. The van der Waals surface area contributed by atoms with Crippen LogP contribution in [0.4, 0.5) is 4.39 Å². The first kappa shape index (κ1) is 27.7. The van der Waals surface area contributed by atoms with Crippen LogP contribution in [0.5, 0.6) is 5.88 Å². The molecule has 0 spiro atoms. The average molecular weight is 578 g/mol. The third kappa shape index (κ3) is 6.23. The third-order valence-corrected chi connectivity index (χ3v) is 8.54. The van der Waals surface area contributed by atoms with E-state index in [-0.39, 0.29) is 24.5 Å². The molecule has 7 nitrogen and oxygen atoms in total. The molecule has 3 heterocycles. The number of imidazole rings is 1. The van der Waals surface area contributed by atoms with Crippen LogP contribution in [-0.4, -0.2) is 40.3 Å². The normalized spacial score (nSPS) is 20.5. The van der Waals surface area contributed by atoms with Crippen LogP contribution in [0, 0.1) is 11.7 Å². The minimum absolute atomic E-state index is 0.0974. The van der Waals surface area contributed by atoms with Crippen LogP contribution in [0.1, 0.15) is 65.5 Å². The summed E-state index contributed by atoms with van der Waals surface area (Å²) in [7, 11) is 1.40. The SMILES string of the molecule is COC(=O)c1ccc2nc(CC3CCC(c4cccc(OCc5ccc(Cl)cc5F)n4)CC3)n(CC3CCO3)c2c1. The number of fused-ring (bicyclic) bond motifs is 1. The number of carbonyl (C=O) groups is 1. The fourth-order valence-corrected chi connectivity index (χ4v) is 6.02. The molecule has 2 fully saturated rings. The lowest BCUT2D eigenvalue weighted by Crippen LogP contribution is -2.32. The van der Waals surface area contributed by atoms with Gasteiger partial charge >= 0.3 is 5.97 Å². The third-order valence-electron chi connectivity index (χ3n) is 8.30. The van der Waals surface area contributed by atoms with Gasteiger partial charge in [-0.3, -0.25) is 0 Å². The minimum atomic E-state index is -0.385. The Morgan fingerprint density at radius 3 is 2.63 bits per heavy atom. The van der Waals surface area contributed by atoms with Crippen molar-refractivity contribution in [2.24, 2.45) is 5.92 Å². The molecule has 1 saturated carbocycles. The Hall–Kier alpha value is -3.49. The van der Waals surface area contributed by atoms with E-state index in [4.69, 9.17) is 35.8 Å². The number of aromatic nitrogens is 3. The summed E-state index contributed by atoms with van der Waals surface area (Å²) in [5.41, 5.74) is 3.83. The van der Waals surface area contributed by atoms with E-state index in [0.717, 1.165) is 74.2 Å². The van der Waals surface area contributed by atoms with Gasteiger partial charge in [0.2, 0.25) is 5.88 Å². The number of methoxy groups -OCH3 is 1. The number of halogens is 2. The highest BCUT2D eigenvalue weighted by Crippen LogP contribution is 2.37. The van der Waals surface area contributed by atoms with Gasteiger partial charge in [-0.05, 0) is 74.4 Å². The summed E-state index contributed by atoms with van der Waals surface area (Å²) in [6, 6.07) is 16.0. The number of hydrogen-bond donors (Lipinski definition) is 0. The van der Waals surface area contributed by atoms with Gasteiger partial charge in [-0.1, -0.05) is 23.7 Å². The van der Waals surface area contributed by atoms with Gasteiger partial charge in [0.05, 0.1) is 36.4 Å². The van der Waals surface area contributed by atoms with Crippen LogP contribution >= 0.6 is 11.6 Å². The first-order valence-corrected chi connectivity index (χ1v) is 14.6. The van der Waals surface area contributed by atoms with Gasteiger partial charge in [0.1, 0.15) is 18.2 Å². The number of ether oxygens (including phenoxy) is 3. The number of rotatable bonds is 9. The number of benzene rings is 2. The number of hydrogen-bond acceptors (Lipinski definition) is 6. The molecule has 2 aromatic carbocycles. The van der Waals surface area contributed by atoms with Crippen LogP contribution in [-0.2, 0) is 29.0 Å². The molecular formula is C32H33ClFN3O4. The molecule has 1 aliphatic carbocycles. The monoisotopic (exact) mass is 577 g/mol. The molecule has 0 amide bonds. The predicted octanol–water partition coefficient (Wildman–Crippen LogP) is 6.89. The summed E-state index contributed by atoms with van der Waals surface area (Å²) in [6.45, 7) is 1.63. The smallest absolute Gasteiger partial charge is 0.337 e. The van der Waals surface area contributed by atoms with E-state index < -0.39 is 0 Å². The fourth-order valence-electron chi connectivity index (χ4n) is 5.86. The Labute approximate surface area is 243 Å². The molecular weight excluding hydrogens is 545 g/mol. The van der Waals surface area contributed by atoms with Gasteiger partial charge in [-0.25, -0.2) is 19.2 Å². The maximum atomic E-state index is 14.1. The van der Waals surface area contributed by atoms with Gasteiger partial charge in [-0.15, -0.1) is 0 Å². The van der Waals surface area contributed by atoms with Crippen LogP contribution in [0.2, 0.25) is 5.02 Å². The largest absolute Gasteiger partial charge is 0.473 e. The van der Waals surface area contributed by atoms with Crippen molar-refractivity contribution in [3.05, 3.63) is 88.1 Å². The van der Waals surface area contributed by atoms with E-state index in [1.807, 2.05) is 24.3 Å². The Bertz CT molecular complexity index is 1550. The maximum Gasteiger partial charge on any atom is 0.337 e. The lowest BCUT2D eigenvalue weighted by molar-refractivity contribution is -0.0590. The lowest BCUT2D eigenvalue weighted by atomic mass is 9.79. The molecule has 0 N–H and O–H groups in total. The van der Waals surface area contributed by atoms with Crippen molar-refractivity contribution in [2.45, 2.75) is 63.7 Å². The highest BCUT2D eigenvalue weighted by Gasteiger charge is 2.27. The molecule has 1 saturated heterocycles. The van der Waals surface area contributed by atoms with E-state index in [1.165, 1.54) is 13.2 Å². The second-order valence-electron chi connectivity index (χ2n) is 11.0. The second kappa shape index (κ2) is 12.2. The van der Waals surface area contributed by atoms with Gasteiger partial charge in [0.25, 0.3) is 0 Å². The summed E-state index contributed by atoms with van der Waals surface area (Å²) in [5, 5.41) is 0.360. The van der Waals surface area contributed by atoms with Gasteiger partial charge < -0.3 is 18.8 Å². The molecule has 2 aliphatic rings. The summed E-state index contributed by atoms with van der Waals surface area (Å²) in [4.78, 5) is 21.9. The van der Waals surface area contributed by atoms with Crippen molar-refractivity contribution in [2.75, 3.05) is 13.7 Å². The molecule has 6 rings (SSSR count). The van der Waals surface area contributed by atoms with Gasteiger partial charge in [-0.2, -0.15) is 0 Å². The predicted molar refractivity (Wildman–Crippen MR) is 154 cm³/mol. The zero-order valence-electron chi connectivity index (χ0n) is 23.0. The van der Waals surface area contributed by atoms with Crippen LogP contribution in [0.25, 0.3) is 11.0 Å². The van der Waals surface area contributed by atoms with Crippen LogP contribution < -0.4 is 4.74 Å². The standard InChI is InChI=1S/C32H33ClFN3O4/c1-39-32(38)22-10-12-28-29(16-22)37(18-25-13-14-40-25)30(35-28)15-20-5-7-21(8-6-20)27-3-2-4-31(36-27)41-19-23-9-11-24(33)17-26(23)34/h2-4,9-12,16-17,20-21,25H,5-8,13-15,18-19H2,1H3. The summed E-state index contributed by atoms with van der Waals surface area (Å²) in [5.74, 6) is 1.67. The van der Waals surface area contributed by atoms with Crippen molar-refractivity contribution in [3.8, 4) is 5.88 Å². The quantitative estimate of drug-likeness (QED) is 0.202. The minimum Gasteiger partial charge on any atom is -0.473 e. The van der Waals surface area contributed by atoms with E-state index >= 15 is 0 Å².